The Labute approximate surface area is 143 Å². The SMILES string of the molecule is CC(C)[C@](C)(C#N)NC(=O)CN1C(=O)N(C)C2(CCCCC2)C1=O. The van der Waals surface area contributed by atoms with Gasteiger partial charge < -0.3 is 10.2 Å². The molecule has 1 atom stereocenters. The summed E-state index contributed by atoms with van der Waals surface area (Å²) in [5.74, 6) is -0.868. The number of hydrogen-bond donors (Lipinski definition) is 1. The van der Waals surface area contributed by atoms with E-state index in [-0.39, 0.29) is 18.4 Å². The van der Waals surface area contributed by atoms with Crippen molar-refractivity contribution in [1.29, 1.82) is 5.26 Å². The number of nitrogens with one attached hydrogen (secondary N) is 1. The number of likely N-dealkylation sites (N-methyl/N-ethyl adjacent to an activating group) is 1. The minimum absolute atomic E-state index is 0.0937. The van der Waals surface area contributed by atoms with Crippen molar-refractivity contribution in [3.8, 4) is 6.07 Å². The molecule has 2 fully saturated rings. The molecule has 1 N–H and O–H groups in total. The number of hydrogen-bond acceptors (Lipinski definition) is 4. The average molecular weight is 334 g/mol. The van der Waals surface area contributed by atoms with E-state index in [0.29, 0.717) is 12.8 Å². The Morgan fingerprint density at radius 1 is 1.33 bits per heavy atom. The van der Waals surface area contributed by atoms with Crippen LogP contribution >= 0.6 is 0 Å². The molecule has 2 aliphatic rings. The van der Waals surface area contributed by atoms with E-state index in [1.165, 1.54) is 4.90 Å². The van der Waals surface area contributed by atoms with Gasteiger partial charge in [-0.1, -0.05) is 33.1 Å². The minimum atomic E-state index is -1.03. The quantitative estimate of drug-likeness (QED) is 0.791. The first-order valence-corrected chi connectivity index (χ1v) is 8.50. The van der Waals surface area contributed by atoms with Crippen LogP contribution in [0.25, 0.3) is 0 Å². The van der Waals surface area contributed by atoms with E-state index < -0.39 is 23.0 Å². The largest absolute Gasteiger partial charge is 0.336 e. The van der Waals surface area contributed by atoms with Crippen LogP contribution < -0.4 is 5.32 Å². The number of nitrogens with zero attached hydrogens (tertiary/aromatic N) is 3. The topological polar surface area (TPSA) is 93.5 Å². The van der Waals surface area contributed by atoms with Crippen molar-refractivity contribution >= 4 is 17.8 Å². The predicted octanol–water partition coefficient (Wildman–Crippen LogP) is 1.64. The lowest BCUT2D eigenvalue weighted by Gasteiger charge is -2.35. The summed E-state index contributed by atoms with van der Waals surface area (Å²) in [7, 11) is 1.64. The van der Waals surface area contributed by atoms with Gasteiger partial charge in [0.25, 0.3) is 5.91 Å². The standard InChI is InChI=1S/C17H26N4O3/c1-12(2)16(3,11-18)19-13(22)10-21-14(23)17(20(4)15(21)24)8-6-5-7-9-17/h12H,5-10H2,1-4H3,(H,19,22)/t16-/m0/s1. The van der Waals surface area contributed by atoms with Crippen molar-refractivity contribution < 1.29 is 14.4 Å². The van der Waals surface area contributed by atoms with E-state index in [2.05, 4.69) is 11.4 Å². The number of nitriles is 1. The maximum atomic E-state index is 12.8. The molecule has 1 spiro atoms. The number of rotatable bonds is 4. The zero-order valence-corrected chi connectivity index (χ0v) is 14.9. The second kappa shape index (κ2) is 6.42. The van der Waals surface area contributed by atoms with Crippen molar-refractivity contribution in [2.45, 2.75) is 64.0 Å². The predicted molar refractivity (Wildman–Crippen MR) is 87.7 cm³/mol. The zero-order valence-electron chi connectivity index (χ0n) is 14.9. The van der Waals surface area contributed by atoms with E-state index in [1.54, 1.807) is 14.0 Å². The maximum absolute atomic E-state index is 12.8. The van der Waals surface area contributed by atoms with Crippen LogP contribution in [0.15, 0.2) is 0 Å². The van der Waals surface area contributed by atoms with Gasteiger partial charge >= 0.3 is 6.03 Å². The first kappa shape index (κ1) is 18.2. The van der Waals surface area contributed by atoms with Gasteiger partial charge in [0.2, 0.25) is 5.91 Å². The summed E-state index contributed by atoms with van der Waals surface area (Å²) in [6.07, 6.45) is 4.17. The second-order valence-corrected chi connectivity index (χ2v) is 7.34. The highest BCUT2D eigenvalue weighted by Crippen LogP contribution is 2.39. The summed E-state index contributed by atoms with van der Waals surface area (Å²) >= 11 is 0. The van der Waals surface area contributed by atoms with Crippen LogP contribution in [0.5, 0.6) is 0 Å². The van der Waals surface area contributed by atoms with E-state index in [0.717, 1.165) is 24.2 Å². The zero-order chi connectivity index (χ0) is 18.1. The van der Waals surface area contributed by atoms with Crippen molar-refractivity contribution in [3.63, 3.8) is 0 Å². The molecule has 0 aromatic carbocycles. The monoisotopic (exact) mass is 334 g/mol. The highest BCUT2D eigenvalue weighted by Gasteiger charge is 2.55. The van der Waals surface area contributed by atoms with Crippen LogP contribution in [-0.4, -0.2) is 52.3 Å². The van der Waals surface area contributed by atoms with Gasteiger partial charge in [-0.05, 0) is 25.7 Å². The third-order valence-corrected chi connectivity index (χ3v) is 5.57. The Bertz CT molecular complexity index is 589. The fourth-order valence-corrected chi connectivity index (χ4v) is 3.45. The fourth-order valence-electron chi connectivity index (χ4n) is 3.45. The number of carbonyl (C=O) groups excluding carboxylic acids is 3. The van der Waals surface area contributed by atoms with Crippen molar-refractivity contribution in [1.82, 2.24) is 15.1 Å². The van der Waals surface area contributed by atoms with Gasteiger partial charge in [-0.15, -0.1) is 0 Å². The van der Waals surface area contributed by atoms with Crippen LogP contribution in [0.1, 0.15) is 52.9 Å². The molecule has 1 heterocycles. The van der Waals surface area contributed by atoms with Crippen LogP contribution in [0.3, 0.4) is 0 Å². The smallest absolute Gasteiger partial charge is 0.327 e. The average Bonchev–Trinajstić information content (AvgIpc) is 2.71. The molecular formula is C17H26N4O3. The van der Waals surface area contributed by atoms with Gasteiger partial charge in [0.15, 0.2) is 0 Å². The van der Waals surface area contributed by atoms with E-state index >= 15 is 0 Å². The Morgan fingerprint density at radius 2 is 1.92 bits per heavy atom. The molecule has 0 aromatic heterocycles. The van der Waals surface area contributed by atoms with Gasteiger partial charge in [-0.3, -0.25) is 14.5 Å². The van der Waals surface area contributed by atoms with Gasteiger partial charge in [0.05, 0.1) is 6.07 Å². The molecule has 0 bridgehead atoms. The molecule has 1 saturated carbocycles. The lowest BCUT2D eigenvalue weighted by Crippen LogP contribution is -2.53. The highest BCUT2D eigenvalue weighted by atomic mass is 16.2. The Hall–Kier alpha value is -2.10. The second-order valence-electron chi connectivity index (χ2n) is 7.34. The molecule has 0 radical (unpaired) electrons. The summed E-state index contributed by atoms with van der Waals surface area (Å²) in [4.78, 5) is 40.1. The fraction of sp³-hybridized carbons (Fsp3) is 0.765. The van der Waals surface area contributed by atoms with Crippen LogP contribution in [0, 0.1) is 17.2 Å². The summed E-state index contributed by atoms with van der Waals surface area (Å²) in [6, 6.07) is 1.66. The first-order valence-electron chi connectivity index (χ1n) is 8.50. The number of amides is 4. The van der Waals surface area contributed by atoms with E-state index in [4.69, 9.17) is 0 Å². The minimum Gasteiger partial charge on any atom is -0.336 e. The number of imide groups is 1. The summed E-state index contributed by atoms with van der Waals surface area (Å²) in [5.41, 5.74) is -1.82. The maximum Gasteiger partial charge on any atom is 0.327 e. The Morgan fingerprint density at radius 3 is 2.42 bits per heavy atom. The van der Waals surface area contributed by atoms with Gasteiger partial charge in [-0.25, -0.2) is 4.79 Å². The Balaban J connectivity index is 2.13. The molecule has 0 unspecified atom stereocenters. The van der Waals surface area contributed by atoms with Crippen LogP contribution in [0.2, 0.25) is 0 Å². The Kier molecular flexibility index (Phi) is 4.88. The van der Waals surface area contributed by atoms with Crippen molar-refractivity contribution in [2.75, 3.05) is 13.6 Å². The van der Waals surface area contributed by atoms with Crippen molar-refractivity contribution in [2.24, 2.45) is 5.92 Å². The molecule has 1 aliphatic heterocycles. The molecule has 4 amide bonds. The van der Waals surface area contributed by atoms with Gasteiger partial charge in [-0.2, -0.15) is 5.26 Å². The molecule has 132 valence electrons. The highest BCUT2D eigenvalue weighted by molar-refractivity contribution is 6.09. The van der Waals surface area contributed by atoms with Crippen LogP contribution in [-0.2, 0) is 9.59 Å². The normalized spacial score (nSPS) is 22.7. The lowest BCUT2D eigenvalue weighted by atomic mass is 9.81. The van der Waals surface area contributed by atoms with Gasteiger partial charge in [0.1, 0.15) is 17.6 Å². The summed E-state index contributed by atoms with van der Waals surface area (Å²) in [6.45, 7) is 4.96. The molecule has 2 rings (SSSR count). The first-order chi connectivity index (χ1) is 11.2. The molecule has 0 aromatic rings. The third-order valence-electron chi connectivity index (χ3n) is 5.57. The summed E-state index contributed by atoms with van der Waals surface area (Å²) in [5, 5.41) is 11.9. The third kappa shape index (κ3) is 2.85. The number of carbonyl (C=O) groups is 3. The molecule has 1 aliphatic carbocycles. The van der Waals surface area contributed by atoms with Crippen LogP contribution in [0.4, 0.5) is 4.79 Å². The van der Waals surface area contributed by atoms with E-state index in [1.807, 2.05) is 13.8 Å². The molecule has 7 heteroatoms. The van der Waals surface area contributed by atoms with Gasteiger partial charge in [0, 0.05) is 7.05 Å². The molecule has 1 saturated heterocycles. The lowest BCUT2D eigenvalue weighted by molar-refractivity contribution is -0.137. The van der Waals surface area contributed by atoms with E-state index in [9.17, 15) is 19.6 Å². The summed E-state index contributed by atoms with van der Waals surface area (Å²) < 4.78 is 0. The number of urea groups is 1. The molecule has 24 heavy (non-hydrogen) atoms. The molecule has 7 nitrogen and oxygen atoms in total. The molecular weight excluding hydrogens is 308 g/mol. The van der Waals surface area contributed by atoms with Crippen molar-refractivity contribution in [3.05, 3.63) is 0 Å².